The van der Waals surface area contributed by atoms with Crippen LogP contribution in [0.4, 0.5) is 13.2 Å². The van der Waals surface area contributed by atoms with Crippen molar-refractivity contribution in [1.29, 1.82) is 0 Å². The smallest absolute Gasteiger partial charge is 0.384 e. The predicted molar refractivity (Wildman–Crippen MR) is 82.1 cm³/mol. The van der Waals surface area contributed by atoms with E-state index in [1.807, 2.05) is 0 Å². The van der Waals surface area contributed by atoms with Gasteiger partial charge in [0.2, 0.25) is 0 Å². The van der Waals surface area contributed by atoms with Gasteiger partial charge in [0.25, 0.3) is 0 Å². The number of aliphatic hydroxyl groups excluding tert-OH is 1. The summed E-state index contributed by atoms with van der Waals surface area (Å²) in [5.74, 6) is 4.72. The number of halogens is 3. The van der Waals surface area contributed by atoms with Crippen LogP contribution in [0.15, 0.2) is 42.0 Å². The monoisotopic (exact) mass is 310 g/mol. The Bertz CT molecular complexity index is 521. The molecular weight excluding hydrogens is 289 g/mol. The van der Waals surface area contributed by atoms with E-state index in [4.69, 9.17) is 0 Å². The Kier molecular flexibility index (Phi) is 7.76. The van der Waals surface area contributed by atoms with E-state index in [1.54, 1.807) is 30.3 Å². The van der Waals surface area contributed by atoms with E-state index in [0.29, 0.717) is 12.0 Å². The highest BCUT2D eigenvalue weighted by atomic mass is 19.4. The molecule has 0 saturated heterocycles. The number of benzene rings is 1. The van der Waals surface area contributed by atoms with Crippen LogP contribution in [0.1, 0.15) is 50.7 Å². The van der Waals surface area contributed by atoms with Crippen molar-refractivity contribution in [3.8, 4) is 11.8 Å². The molecule has 0 heterocycles. The van der Waals surface area contributed by atoms with E-state index in [-0.39, 0.29) is 0 Å². The molecule has 0 spiro atoms. The van der Waals surface area contributed by atoms with Crippen LogP contribution in [0.5, 0.6) is 0 Å². The zero-order valence-corrected chi connectivity index (χ0v) is 12.7. The summed E-state index contributed by atoms with van der Waals surface area (Å²) >= 11 is 0. The van der Waals surface area contributed by atoms with Crippen LogP contribution >= 0.6 is 0 Å². The molecule has 0 amide bonds. The Morgan fingerprint density at radius 3 is 2.45 bits per heavy atom. The predicted octanol–water partition coefficient (Wildman–Crippen LogP) is 5.18. The molecule has 1 atom stereocenters. The first-order valence-electron chi connectivity index (χ1n) is 7.46. The van der Waals surface area contributed by atoms with Crippen LogP contribution in [-0.2, 0) is 0 Å². The molecule has 0 bridgehead atoms. The fourth-order valence-corrected chi connectivity index (χ4v) is 1.91. The molecule has 0 radical (unpaired) electrons. The minimum absolute atomic E-state index is 0.411. The first-order chi connectivity index (χ1) is 10.4. The average Bonchev–Trinajstić information content (AvgIpc) is 2.49. The Hall–Kier alpha value is -1.73. The number of alkyl halides is 3. The number of hydrogen-bond acceptors (Lipinski definition) is 1. The molecule has 1 aromatic carbocycles. The van der Waals surface area contributed by atoms with Crippen LogP contribution in [0, 0.1) is 11.8 Å². The maximum atomic E-state index is 12.9. The van der Waals surface area contributed by atoms with Gasteiger partial charge in [0.15, 0.2) is 0 Å². The summed E-state index contributed by atoms with van der Waals surface area (Å²) in [7, 11) is 0. The fraction of sp³-hybridized carbons (Fsp3) is 0.444. The van der Waals surface area contributed by atoms with Crippen molar-refractivity contribution in [1.82, 2.24) is 0 Å². The van der Waals surface area contributed by atoms with E-state index in [2.05, 4.69) is 18.8 Å². The number of unbranched alkanes of at least 4 members (excludes halogenated alkanes) is 4. The van der Waals surface area contributed by atoms with Gasteiger partial charge >= 0.3 is 6.18 Å². The second-order valence-corrected chi connectivity index (χ2v) is 5.05. The Morgan fingerprint density at radius 1 is 1.18 bits per heavy atom. The lowest BCUT2D eigenvalue weighted by Gasteiger charge is -2.10. The van der Waals surface area contributed by atoms with Crippen LogP contribution in [0.25, 0.3) is 0 Å². The van der Waals surface area contributed by atoms with Crippen molar-refractivity contribution in [2.24, 2.45) is 0 Å². The Balaban J connectivity index is 2.77. The van der Waals surface area contributed by atoms with Gasteiger partial charge in [0.05, 0.1) is 6.10 Å². The van der Waals surface area contributed by atoms with Gasteiger partial charge in [-0.3, -0.25) is 0 Å². The summed E-state index contributed by atoms with van der Waals surface area (Å²) in [5.41, 5.74) is -0.576. The molecule has 120 valence electrons. The lowest BCUT2D eigenvalue weighted by atomic mass is 10.1. The second kappa shape index (κ2) is 9.32. The Morgan fingerprint density at radius 2 is 1.86 bits per heavy atom. The zero-order valence-electron chi connectivity index (χ0n) is 12.7. The lowest BCUT2D eigenvalue weighted by molar-refractivity contribution is -0.0880. The lowest BCUT2D eigenvalue weighted by Crippen LogP contribution is -2.12. The summed E-state index contributed by atoms with van der Waals surface area (Å²) in [6, 6.07) is 8.22. The van der Waals surface area contributed by atoms with Crippen LogP contribution in [0.3, 0.4) is 0 Å². The fourth-order valence-electron chi connectivity index (χ4n) is 1.91. The minimum Gasteiger partial charge on any atom is -0.384 e. The highest BCUT2D eigenvalue weighted by Crippen LogP contribution is 2.28. The van der Waals surface area contributed by atoms with Gasteiger partial charge in [0.1, 0.15) is 5.57 Å². The molecule has 1 nitrogen and oxygen atoms in total. The van der Waals surface area contributed by atoms with Crippen LogP contribution in [0.2, 0.25) is 0 Å². The molecule has 1 aromatic rings. The second-order valence-electron chi connectivity index (χ2n) is 5.05. The van der Waals surface area contributed by atoms with Gasteiger partial charge in [0, 0.05) is 6.42 Å². The number of allylic oxidation sites excluding steroid dienone is 1. The zero-order chi connectivity index (χ0) is 16.4. The third-order valence-electron chi connectivity index (χ3n) is 3.15. The molecule has 1 N–H and O–H groups in total. The average molecular weight is 310 g/mol. The van der Waals surface area contributed by atoms with Gasteiger partial charge in [-0.15, -0.1) is 0 Å². The highest BCUT2D eigenvalue weighted by molar-refractivity contribution is 5.35. The maximum absolute atomic E-state index is 12.9. The molecule has 0 aliphatic carbocycles. The third-order valence-corrected chi connectivity index (χ3v) is 3.15. The van der Waals surface area contributed by atoms with Crippen LogP contribution in [-0.4, -0.2) is 11.3 Å². The molecule has 0 aromatic heterocycles. The quantitative estimate of drug-likeness (QED) is 0.567. The number of aliphatic hydroxyl groups is 1. The largest absolute Gasteiger partial charge is 0.423 e. The minimum atomic E-state index is -4.55. The SMILES string of the molecule is CCCCCCC#C/C(=C\C(O)c1ccccc1)C(F)(F)F. The molecule has 1 unspecified atom stereocenters. The highest BCUT2D eigenvalue weighted by Gasteiger charge is 2.33. The number of rotatable bonds is 6. The first kappa shape index (κ1) is 18.3. The topological polar surface area (TPSA) is 20.2 Å². The van der Waals surface area contributed by atoms with E-state index in [1.165, 1.54) is 0 Å². The van der Waals surface area contributed by atoms with Gasteiger partial charge in [-0.25, -0.2) is 0 Å². The molecule has 4 heteroatoms. The van der Waals surface area contributed by atoms with Crippen molar-refractivity contribution in [3.05, 3.63) is 47.5 Å². The van der Waals surface area contributed by atoms with E-state index in [0.717, 1.165) is 31.8 Å². The summed E-state index contributed by atoms with van der Waals surface area (Å²) in [4.78, 5) is 0. The van der Waals surface area contributed by atoms with Crippen molar-refractivity contribution in [2.45, 2.75) is 51.3 Å². The Labute approximate surface area is 129 Å². The van der Waals surface area contributed by atoms with Gasteiger partial charge in [-0.2, -0.15) is 13.2 Å². The third kappa shape index (κ3) is 6.82. The summed E-state index contributed by atoms with van der Waals surface area (Å²) < 4.78 is 38.8. The molecule has 0 fully saturated rings. The summed E-state index contributed by atoms with van der Waals surface area (Å²) in [6.07, 6.45) is -0.737. The first-order valence-corrected chi connectivity index (χ1v) is 7.46. The number of hydrogen-bond donors (Lipinski definition) is 1. The van der Waals surface area contributed by atoms with Gasteiger partial charge < -0.3 is 5.11 Å². The van der Waals surface area contributed by atoms with Crippen molar-refractivity contribution < 1.29 is 18.3 Å². The van der Waals surface area contributed by atoms with E-state index < -0.39 is 17.9 Å². The molecule has 0 aliphatic rings. The van der Waals surface area contributed by atoms with E-state index >= 15 is 0 Å². The van der Waals surface area contributed by atoms with Crippen molar-refractivity contribution >= 4 is 0 Å². The van der Waals surface area contributed by atoms with Crippen molar-refractivity contribution in [3.63, 3.8) is 0 Å². The van der Waals surface area contributed by atoms with E-state index in [9.17, 15) is 18.3 Å². The van der Waals surface area contributed by atoms with Gasteiger partial charge in [-0.05, 0) is 18.1 Å². The summed E-state index contributed by atoms with van der Waals surface area (Å²) in [6.45, 7) is 2.07. The maximum Gasteiger partial charge on any atom is 0.423 e. The van der Waals surface area contributed by atoms with Gasteiger partial charge in [-0.1, -0.05) is 68.4 Å². The molecular formula is C18H21F3O. The van der Waals surface area contributed by atoms with Crippen LogP contribution < -0.4 is 0 Å². The normalized spacial score (nSPS) is 13.4. The molecule has 22 heavy (non-hydrogen) atoms. The molecule has 0 aliphatic heterocycles. The summed E-state index contributed by atoms with van der Waals surface area (Å²) in [5, 5.41) is 9.88. The van der Waals surface area contributed by atoms with Crippen molar-refractivity contribution in [2.75, 3.05) is 0 Å². The molecule has 1 rings (SSSR count). The molecule has 0 saturated carbocycles. The standard InChI is InChI=1S/C18H21F3O/c1-2-3-4-5-6-10-13-16(18(19,20)21)14-17(22)15-11-8-7-9-12-15/h7-9,11-12,14,17,22H,2-6H2,1H3/b16-14+.